The summed E-state index contributed by atoms with van der Waals surface area (Å²) in [6.07, 6.45) is -18.9. The maximum atomic E-state index is 11.7. The molecule has 0 amide bonds. The molecule has 12 N–H and O–H groups in total. The third-order valence-electron chi connectivity index (χ3n) is 7.84. The summed E-state index contributed by atoms with van der Waals surface area (Å²) in [4.78, 5) is 22.5. The molecule has 20 nitrogen and oxygen atoms in total. The zero-order valence-electron chi connectivity index (χ0n) is 25.4. The fraction of sp³-hybridized carbons (Fsp3) is 0.433. The van der Waals surface area contributed by atoms with E-state index in [9.17, 15) is 65.8 Å². The van der Waals surface area contributed by atoms with Crippen LogP contribution < -0.4 is 9.47 Å². The van der Waals surface area contributed by atoms with Crippen molar-refractivity contribution in [2.24, 2.45) is 0 Å². The van der Waals surface area contributed by atoms with Crippen LogP contribution >= 0.6 is 0 Å². The van der Waals surface area contributed by atoms with Crippen LogP contribution in [0, 0.1) is 0 Å². The number of fused-ring (bicyclic) bond motifs is 1. The first-order chi connectivity index (χ1) is 23.6. The number of aliphatic carboxylic acids is 1. The number of aliphatic hydroxyl groups excluding tert-OH is 7. The molecule has 2 aliphatic heterocycles. The van der Waals surface area contributed by atoms with Crippen molar-refractivity contribution < 1.29 is 99.0 Å². The van der Waals surface area contributed by atoms with E-state index in [4.69, 9.17) is 33.2 Å². The second kappa shape index (κ2) is 14.6. The Labute approximate surface area is 279 Å². The van der Waals surface area contributed by atoms with Crippen LogP contribution in [0.2, 0.25) is 0 Å². The summed E-state index contributed by atoms with van der Waals surface area (Å²) < 4.78 is 33.2. The van der Waals surface area contributed by atoms with Crippen molar-refractivity contribution in [2.75, 3.05) is 13.2 Å². The van der Waals surface area contributed by atoms with Crippen LogP contribution in [0.5, 0.6) is 34.5 Å². The lowest BCUT2D eigenvalue weighted by atomic mass is 9.99. The Morgan fingerprint density at radius 2 is 1.28 bits per heavy atom. The number of hydrogen-bond acceptors (Lipinski definition) is 18. The molecule has 10 atom stereocenters. The Kier molecular flexibility index (Phi) is 10.7. The summed E-state index contributed by atoms with van der Waals surface area (Å²) in [6, 6.07) is 5.12. The average molecular weight is 714 g/mol. The largest absolute Gasteiger partial charge is 0.507 e. The highest BCUT2D eigenvalue weighted by molar-refractivity contribution is 5.90. The summed E-state index contributed by atoms with van der Waals surface area (Å²) >= 11 is 0. The van der Waals surface area contributed by atoms with E-state index in [1.54, 1.807) is 0 Å². The second-order valence-electron chi connectivity index (χ2n) is 11.4. The van der Waals surface area contributed by atoms with Crippen molar-refractivity contribution in [3.05, 3.63) is 30.3 Å². The Hall–Kier alpha value is -4.77. The number of carboxylic acids is 1. The van der Waals surface area contributed by atoms with Crippen molar-refractivity contribution >= 4 is 22.9 Å². The molecule has 4 unspecified atom stereocenters. The van der Waals surface area contributed by atoms with Gasteiger partial charge in [0.1, 0.15) is 78.7 Å². The highest BCUT2D eigenvalue weighted by atomic mass is 16.7. The van der Waals surface area contributed by atoms with E-state index in [2.05, 4.69) is 0 Å². The van der Waals surface area contributed by atoms with Gasteiger partial charge >= 0.3 is 23.3 Å². The quantitative estimate of drug-likeness (QED) is 0.0450. The van der Waals surface area contributed by atoms with Gasteiger partial charge < -0.3 is 85.0 Å². The molecular formula is C30H33O20+. The Morgan fingerprint density at radius 1 is 0.720 bits per heavy atom. The van der Waals surface area contributed by atoms with Crippen LogP contribution in [0.1, 0.15) is 6.42 Å². The predicted octanol–water partition coefficient (Wildman–Crippen LogP) is -2.41. The first kappa shape index (κ1) is 36.5. The van der Waals surface area contributed by atoms with E-state index >= 15 is 0 Å². The molecule has 3 heterocycles. The standard InChI is InChI=1S/C30H32O20/c31-7-17-22(39)24(41)26(43)30(49-17)48-16-5-11-14(46-28(16)9-1-12(33)21(38)13(34)2-9)3-10(32)4-15(11)47-29-27(44)25(42)23(40)18(50-29)8-45-20(37)6-19(35)36/h1-5,17-18,22-27,29-31,39-44H,6-8H2,(H4-,32,33,34,35,36,38)/p+1/t17?,18?,22-,23-,24+,25+,26?,27?,29-,30-/m1/s1. The topological polar surface area (TPSA) is 334 Å². The number of aromatic hydroxyl groups is 4. The van der Waals surface area contributed by atoms with E-state index in [-0.39, 0.29) is 28.0 Å². The number of carbonyl (C=O) groups excluding carboxylic acids is 1. The number of hydrogen-bond donors (Lipinski definition) is 12. The number of carboxylic acid groups (broad SMARTS) is 1. The second-order valence-corrected chi connectivity index (χ2v) is 11.4. The molecule has 272 valence electrons. The molecule has 3 aromatic rings. The van der Waals surface area contributed by atoms with E-state index in [0.29, 0.717) is 0 Å². The third-order valence-corrected chi connectivity index (χ3v) is 7.84. The van der Waals surface area contributed by atoms with Gasteiger partial charge in [0.05, 0.1) is 18.2 Å². The smallest absolute Gasteiger partial charge is 0.402 e. The maximum absolute atomic E-state index is 11.7. The zero-order chi connectivity index (χ0) is 36.6. The molecule has 2 saturated heterocycles. The van der Waals surface area contributed by atoms with Crippen molar-refractivity contribution in [3.63, 3.8) is 0 Å². The van der Waals surface area contributed by atoms with Gasteiger partial charge in [0, 0.05) is 24.3 Å². The summed E-state index contributed by atoms with van der Waals surface area (Å²) in [5, 5.41) is 122. The zero-order valence-corrected chi connectivity index (χ0v) is 25.4. The molecular weight excluding hydrogens is 680 g/mol. The predicted molar refractivity (Wildman–Crippen MR) is 158 cm³/mol. The highest BCUT2D eigenvalue weighted by Crippen LogP contribution is 2.45. The molecule has 1 aromatic heterocycles. The molecule has 2 aliphatic rings. The monoisotopic (exact) mass is 713 g/mol. The number of aliphatic hydroxyl groups is 7. The van der Waals surface area contributed by atoms with Gasteiger partial charge in [-0.25, -0.2) is 4.42 Å². The van der Waals surface area contributed by atoms with Crippen molar-refractivity contribution in [2.45, 2.75) is 67.8 Å². The van der Waals surface area contributed by atoms with Crippen LogP contribution in [0.15, 0.2) is 34.7 Å². The summed E-state index contributed by atoms with van der Waals surface area (Å²) in [5.41, 5.74) is -0.373. The lowest BCUT2D eigenvalue weighted by Gasteiger charge is -2.40. The number of phenols is 4. The summed E-state index contributed by atoms with van der Waals surface area (Å²) in [7, 11) is 0. The molecule has 5 rings (SSSR count). The fourth-order valence-electron chi connectivity index (χ4n) is 5.21. The van der Waals surface area contributed by atoms with E-state index < -0.39 is 122 Å². The lowest BCUT2D eigenvalue weighted by molar-refractivity contribution is -0.278. The molecule has 0 bridgehead atoms. The van der Waals surface area contributed by atoms with Crippen molar-refractivity contribution in [3.8, 4) is 45.8 Å². The number of phenolic OH excluding ortho intramolecular Hbond substituents is 4. The van der Waals surface area contributed by atoms with Gasteiger partial charge in [0.25, 0.3) is 0 Å². The van der Waals surface area contributed by atoms with E-state index in [1.165, 1.54) is 0 Å². The van der Waals surface area contributed by atoms with Gasteiger partial charge in [-0.05, 0) is 0 Å². The number of benzene rings is 2. The van der Waals surface area contributed by atoms with Gasteiger partial charge in [-0.2, -0.15) is 0 Å². The molecule has 0 radical (unpaired) electrons. The summed E-state index contributed by atoms with van der Waals surface area (Å²) in [5.74, 6) is -6.78. The number of carbonyl (C=O) groups is 2. The normalized spacial score (nSPS) is 29.7. The molecule has 2 fully saturated rings. The third kappa shape index (κ3) is 7.38. The molecule has 0 aliphatic carbocycles. The number of rotatable bonds is 10. The van der Waals surface area contributed by atoms with Gasteiger partial charge in [-0.1, -0.05) is 0 Å². The highest BCUT2D eigenvalue weighted by Gasteiger charge is 2.47. The van der Waals surface area contributed by atoms with Crippen LogP contribution in [-0.2, 0) is 23.8 Å². The van der Waals surface area contributed by atoms with Gasteiger partial charge in [-0.15, -0.1) is 0 Å². The van der Waals surface area contributed by atoms with Crippen LogP contribution in [-0.4, -0.2) is 148 Å². The Bertz CT molecular complexity index is 1710. The molecule has 50 heavy (non-hydrogen) atoms. The van der Waals surface area contributed by atoms with Crippen molar-refractivity contribution in [1.29, 1.82) is 0 Å². The van der Waals surface area contributed by atoms with E-state index in [0.717, 1.165) is 30.3 Å². The first-order valence-corrected chi connectivity index (χ1v) is 14.7. The number of ether oxygens (including phenoxy) is 5. The van der Waals surface area contributed by atoms with Gasteiger partial charge in [0.15, 0.2) is 17.2 Å². The van der Waals surface area contributed by atoms with Crippen LogP contribution in [0.4, 0.5) is 0 Å². The maximum Gasteiger partial charge on any atom is 0.402 e. The molecule has 0 saturated carbocycles. The molecule has 2 aromatic carbocycles. The van der Waals surface area contributed by atoms with E-state index in [1.807, 2.05) is 0 Å². The Morgan fingerprint density at radius 3 is 1.86 bits per heavy atom. The minimum absolute atomic E-state index is 0.0980. The Balaban J connectivity index is 1.55. The lowest BCUT2D eigenvalue weighted by Crippen LogP contribution is -2.60. The fourth-order valence-corrected chi connectivity index (χ4v) is 5.21. The summed E-state index contributed by atoms with van der Waals surface area (Å²) in [6.45, 7) is -1.57. The SMILES string of the molecule is O=C(O)CC(=O)OCC1O[C@@H](Oc2cc(O)cc3[o+]c(-c4cc(O)c(O)c(O)c4)c(O[C@@H]4OC(CO)[C@@H](O)[C@H](O)C4O)cc23)C(O)[C@@H](O)[C@@H]1O. The van der Waals surface area contributed by atoms with Crippen LogP contribution in [0.25, 0.3) is 22.3 Å². The minimum Gasteiger partial charge on any atom is -0.507 e. The average Bonchev–Trinajstić information content (AvgIpc) is 3.06. The molecule has 0 spiro atoms. The van der Waals surface area contributed by atoms with Gasteiger partial charge in [-0.3, -0.25) is 9.59 Å². The molecule has 20 heteroatoms. The first-order valence-electron chi connectivity index (χ1n) is 14.7. The van der Waals surface area contributed by atoms with Crippen molar-refractivity contribution in [1.82, 2.24) is 0 Å². The number of esters is 1. The van der Waals surface area contributed by atoms with Crippen LogP contribution in [0.3, 0.4) is 0 Å². The van der Waals surface area contributed by atoms with Gasteiger partial charge in [0.2, 0.25) is 18.3 Å². The minimum atomic E-state index is -1.96.